The molecule has 11 rings (SSSR count). The summed E-state index contributed by atoms with van der Waals surface area (Å²) in [7, 11) is 9.75. The number of nitrogens with zero attached hydrogens (tertiary/aromatic N) is 2. The molecule has 0 radical (unpaired) electrons. The fraction of sp³-hybridized carbons (Fsp3) is 0.138. The average molecular weight is 901 g/mol. The molecule has 10 nitrogen and oxygen atoms in total. The van der Waals surface area contributed by atoms with Gasteiger partial charge in [0.05, 0.1) is 54.0 Å². The largest absolute Gasteiger partial charge is 0.493 e. The van der Waals surface area contributed by atoms with Gasteiger partial charge in [-0.3, -0.25) is 0 Å². The summed E-state index contributed by atoms with van der Waals surface area (Å²) >= 11 is 0. The van der Waals surface area contributed by atoms with E-state index < -0.39 is 0 Å². The van der Waals surface area contributed by atoms with Crippen LogP contribution in [0.15, 0.2) is 154 Å². The first-order valence-electron chi connectivity index (χ1n) is 22.2. The first kappa shape index (κ1) is 42.2. The molecule has 9 aromatic carbocycles. The van der Waals surface area contributed by atoms with Crippen molar-refractivity contribution in [3.05, 3.63) is 157 Å². The lowest BCUT2D eigenvalue weighted by molar-refractivity contribution is 0.324. The van der Waals surface area contributed by atoms with Gasteiger partial charge >= 0.3 is 0 Å². The van der Waals surface area contributed by atoms with Crippen molar-refractivity contribution in [1.29, 1.82) is 0 Å². The van der Waals surface area contributed by atoms with E-state index in [4.69, 9.17) is 37.3 Å². The lowest BCUT2D eigenvalue weighted by atomic mass is 10.0. The zero-order chi connectivity index (χ0) is 46.8. The van der Waals surface area contributed by atoms with Crippen LogP contribution >= 0.6 is 0 Å². The zero-order valence-electron chi connectivity index (χ0n) is 39.0. The Bertz CT molecular complexity index is 3480. The third-order valence-corrected chi connectivity index (χ3v) is 13.0. The van der Waals surface area contributed by atoms with E-state index in [1.165, 1.54) is 0 Å². The summed E-state index contributed by atoms with van der Waals surface area (Å²) in [6, 6.07) is 50.4. The van der Waals surface area contributed by atoms with Gasteiger partial charge in [0, 0.05) is 68.6 Å². The van der Waals surface area contributed by atoms with Gasteiger partial charge in [0.25, 0.3) is 0 Å². The molecule has 2 heterocycles. The molecule has 0 aliphatic carbocycles. The second-order valence-electron chi connectivity index (χ2n) is 16.8. The van der Waals surface area contributed by atoms with Gasteiger partial charge in [0.1, 0.15) is 22.3 Å². The predicted molar refractivity (Wildman–Crippen MR) is 274 cm³/mol. The molecule has 0 aliphatic heterocycles. The summed E-state index contributed by atoms with van der Waals surface area (Å²) in [6.45, 7) is 4.22. The van der Waals surface area contributed by atoms with Gasteiger partial charge in [0.2, 0.25) is 11.5 Å². The Balaban J connectivity index is 1.01. The minimum atomic E-state index is 0.534. The molecule has 0 aliphatic rings. The van der Waals surface area contributed by atoms with Crippen LogP contribution in [0.2, 0.25) is 0 Å². The number of furan rings is 2. The molecule has 0 N–H and O–H groups in total. The van der Waals surface area contributed by atoms with Gasteiger partial charge in [-0.25, -0.2) is 0 Å². The fourth-order valence-electron chi connectivity index (χ4n) is 9.66. The van der Waals surface area contributed by atoms with Gasteiger partial charge in [-0.15, -0.1) is 0 Å². The molecule has 2 aromatic heterocycles. The molecular formula is C58H48N2O8. The monoisotopic (exact) mass is 900 g/mol. The van der Waals surface area contributed by atoms with Crippen LogP contribution in [-0.2, 0) is 0 Å². The van der Waals surface area contributed by atoms with Crippen molar-refractivity contribution >= 4 is 99.5 Å². The lowest BCUT2D eigenvalue weighted by Gasteiger charge is -2.28. The van der Waals surface area contributed by atoms with Crippen LogP contribution in [0.25, 0.3) is 65.4 Å². The number of aryl methyl sites for hydroxylation is 2. The number of hydrogen-bond donors (Lipinski definition) is 0. The standard InChI is InChI=1S/C58H48N2O8/c1-33-13-9-11-15-47(33)59(41-27-53(61-3)57(65-7)54(28-41)62-4)39-19-17-35-23-43-45-31-52-46(32-51(45)67-49(43)25-37(35)21-39)44-24-36-18-20-40(22-38(36)26-50(44)68-52)60(48-16-12-10-14-34(48)2)42-29-55(63-5)58(66-8)56(30-42)64-6/h9-32H,1-8H3. The molecule has 10 heteroatoms. The summed E-state index contributed by atoms with van der Waals surface area (Å²) in [4.78, 5) is 4.42. The van der Waals surface area contributed by atoms with E-state index in [2.05, 4.69) is 121 Å². The van der Waals surface area contributed by atoms with Gasteiger partial charge in [0.15, 0.2) is 23.0 Å². The first-order chi connectivity index (χ1) is 33.2. The summed E-state index contributed by atoms with van der Waals surface area (Å²) in [5, 5.41) is 8.23. The number of ether oxygens (including phenoxy) is 6. The van der Waals surface area contributed by atoms with E-state index in [0.29, 0.717) is 34.5 Å². The number of benzene rings is 9. The van der Waals surface area contributed by atoms with Crippen LogP contribution in [0, 0.1) is 13.8 Å². The van der Waals surface area contributed by atoms with Crippen LogP contribution < -0.4 is 38.2 Å². The highest BCUT2D eigenvalue weighted by Crippen LogP contribution is 2.49. The summed E-state index contributed by atoms with van der Waals surface area (Å²) in [6.07, 6.45) is 0. The smallest absolute Gasteiger partial charge is 0.203 e. The number of para-hydroxylation sites is 2. The highest BCUT2D eigenvalue weighted by Gasteiger charge is 2.24. The summed E-state index contributed by atoms with van der Waals surface area (Å²) in [5.74, 6) is 3.35. The molecule has 68 heavy (non-hydrogen) atoms. The topological polar surface area (TPSA) is 88.1 Å². The van der Waals surface area contributed by atoms with E-state index in [1.54, 1.807) is 42.7 Å². The second-order valence-corrected chi connectivity index (χ2v) is 16.8. The maximum Gasteiger partial charge on any atom is 0.203 e. The molecule has 0 atom stereocenters. The highest BCUT2D eigenvalue weighted by molar-refractivity contribution is 6.18. The maximum absolute atomic E-state index is 6.70. The van der Waals surface area contributed by atoms with Gasteiger partial charge in [-0.1, -0.05) is 48.5 Å². The number of rotatable bonds is 12. The predicted octanol–water partition coefficient (Wildman–Crippen LogP) is 15.4. The Kier molecular flexibility index (Phi) is 10.4. The molecular weight excluding hydrogens is 853 g/mol. The van der Waals surface area contributed by atoms with Crippen LogP contribution in [0.1, 0.15) is 11.1 Å². The lowest BCUT2D eigenvalue weighted by Crippen LogP contribution is -2.12. The van der Waals surface area contributed by atoms with E-state index >= 15 is 0 Å². The first-order valence-corrected chi connectivity index (χ1v) is 22.2. The molecule has 0 fully saturated rings. The van der Waals surface area contributed by atoms with Crippen LogP contribution in [0.3, 0.4) is 0 Å². The number of fused-ring (bicyclic) bond motifs is 8. The molecule has 0 saturated heterocycles. The van der Waals surface area contributed by atoms with Crippen molar-refractivity contribution in [3.63, 3.8) is 0 Å². The third kappa shape index (κ3) is 6.87. The number of anilines is 6. The minimum absolute atomic E-state index is 0.534. The van der Waals surface area contributed by atoms with Crippen molar-refractivity contribution < 1.29 is 37.3 Å². The summed E-state index contributed by atoms with van der Waals surface area (Å²) in [5.41, 5.74) is 11.1. The van der Waals surface area contributed by atoms with Crippen molar-refractivity contribution in [1.82, 2.24) is 0 Å². The number of methoxy groups -OCH3 is 6. The van der Waals surface area contributed by atoms with E-state index in [9.17, 15) is 0 Å². The van der Waals surface area contributed by atoms with E-state index in [0.717, 1.165) is 111 Å². The van der Waals surface area contributed by atoms with Crippen molar-refractivity contribution in [2.75, 3.05) is 52.5 Å². The molecule has 0 amide bonds. The Morgan fingerprint density at radius 2 is 0.676 bits per heavy atom. The van der Waals surface area contributed by atoms with Crippen molar-refractivity contribution in [2.45, 2.75) is 13.8 Å². The van der Waals surface area contributed by atoms with E-state index in [1.807, 2.05) is 48.5 Å². The normalized spacial score (nSPS) is 11.5. The molecule has 0 bridgehead atoms. The average Bonchev–Trinajstić information content (AvgIpc) is 3.89. The van der Waals surface area contributed by atoms with Crippen molar-refractivity contribution in [2.24, 2.45) is 0 Å². The SMILES string of the molecule is COc1cc(N(c2ccc3cc4c(cc3c2)oc2cc3c(cc24)oc2cc4cc(N(c5cc(OC)c(OC)c(OC)c5)c5ccccc5C)ccc4cc23)c2ccccc2C)cc(OC)c1OC. The van der Waals surface area contributed by atoms with Crippen LogP contribution in [0.5, 0.6) is 34.5 Å². The Labute approximate surface area is 392 Å². The van der Waals surface area contributed by atoms with Crippen molar-refractivity contribution in [3.8, 4) is 34.5 Å². The second kappa shape index (κ2) is 16.7. The van der Waals surface area contributed by atoms with Gasteiger partial charge in [-0.2, -0.15) is 0 Å². The fourth-order valence-corrected chi connectivity index (χ4v) is 9.66. The Morgan fingerprint density at radius 3 is 1.03 bits per heavy atom. The van der Waals surface area contributed by atoms with Crippen LogP contribution in [-0.4, -0.2) is 42.7 Å². The molecule has 0 unspecified atom stereocenters. The molecule has 338 valence electrons. The molecule has 11 aromatic rings. The molecule has 0 saturated carbocycles. The van der Waals surface area contributed by atoms with E-state index in [-0.39, 0.29) is 0 Å². The highest BCUT2D eigenvalue weighted by atomic mass is 16.5. The Morgan fingerprint density at radius 1 is 0.324 bits per heavy atom. The Hall–Kier alpha value is -8.50. The van der Waals surface area contributed by atoms with Crippen LogP contribution in [0.4, 0.5) is 34.1 Å². The van der Waals surface area contributed by atoms with Gasteiger partial charge in [-0.05, 0) is 119 Å². The zero-order valence-corrected chi connectivity index (χ0v) is 39.0. The maximum atomic E-state index is 6.70. The minimum Gasteiger partial charge on any atom is -0.493 e. The third-order valence-electron chi connectivity index (χ3n) is 13.0. The quantitative estimate of drug-likeness (QED) is 0.118. The number of hydrogen-bond acceptors (Lipinski definition) is 10. The summed E-state index contributed by atoms with van der Waals surface area (Å²) < 4.78 is 47.9. The van der Waals surface area contributed by atoms with Gasteiger partial charge < -0.3 is 47.1 Å². The molecule has 0 spiro atoms.